The highest BCUT2D eigenvalue weighted by Crippen LogP contribution is 2.51. The fraction of sp³-hybridized carbons (Fsp3) is 0.125. The molecule has 0 nitrogen and oxygen atoms in total. The minimum Gasteiger partial charge on any atom is -0.206 e. The summed E-state index contributed by atoms with van der Waals surface area (Å²) in [6, 6.07) is 0. The third-order valence-electron chi connectivity index (χ3n) is 4.00. The molecule has 0 aromatic heterocycles. The van der Waals surface area contributed by atoms with Gasteiger partial charge in [-0.15, -0.1) is 0 Å². The Morgan fingerprint density at radius 3 is 2.56 bits per heavy atom. The molecule has 2 unspecified atom stereocenters. The first-order valence-corrected chi connectivity index (χ1v) is 7.09. The zero-order valence-electron chi connectivity index (χ0n) is 9.53. The molecule has 0 heterocycles. The van der Waals surface area contributed by atoms with Gasteiger partial charge in [0.05, 0.1) is 0 Å². The largest absolute Gasteiger partial charge is 0.206 e. The summed E-state index contributed by atoms with van der Waals surface area (Å²) in [5.74, 6) is 0.426. The number of hydrogen-bond donors (Lipinski definition) is 0. The van der Waals surface area contributed by atoms with Gasteiger partial charge >= 0.3 is 0 Å². The van der Waals surface area contributed by atoms with E-state index >= 15 is 0 Å². The average molecular weight is 348 g/mol. The summed E-state index contributed by atoms with van der Waals surface area (Å²) in [7, 11) is 0. The van der Waals surface area contributed by atoms with E-state index in [1.807, 2.05) is 12.2 Å². The molecule has 0 N–H and O–H groups in total. The summed E-state index contributed by atoms with van der Waals surface area (Å²) in [6.07, 6.45) is 16.6. The van der Waals surface area contributed by atoms with Crippen LogP contribution in [0, 0.1) is 11.8 Å². The van der Waals surface area contributed by atoms with E-state index in [9.17, 15) is 4.39 Å². The lowest BCUT2D eigenvalue weighted by atomic mass is 9.64. The van der Waals surface area contributed by atoms with Crippen molar-refractivity contribution in [3.63, 3.8) is 0 Å². The van der Waals surface area contributed by atoms with E-state index in [-0.39, 0.29) is 11.7 Å². The van der Waals surface area contributed by atoms with Crippen LogP contribution in [-0.4, -0.2) is 0 Å². The minimum absolute atomic E-state index is 0.0520. The van der Waals surface area contributed by atoms with Crippen molar-refractivity contribution >= 4 is 22.6 Å². The Balaban J connectivity index is 2.03. The van der Waals surface area contributed by atoms with Gasteiger partial charge in [-0.1, -0.05) is 42.5 Å². The zero-order chi connectivity index (χ0) is 12.3. The van der Waals surface area contributed by atoms with Gasteiger partial charge in [0.2, 0.25) is 0 Å². The van der Waals surface area contributed by atoms with Crippen LogP contribution in [0.1, 0.15) is 0 Å². The summed E-state index contributed by atoms with van der Waals surface area (Å²) < 4.78 is 15.0. The maximum Gasteiger partial charge on any atom is 0.140 e. The molecule has 0 saturated heterocycles. The van der Waals surface area contributed by atoms with Gasteiger partial charge in [0, 0.05) is 15.4 Å². The van der Waals surface area contributed by atoms with E-state index in [1.165, 1.54) is 16.7 Å². The van der Waals surface area contributed by atoms with Crippen LogP contribution in [0.5, 0.6) is 0 Å². The van der Waals surface area contributed by atoms with E-state index in [2.05, 4.69) is 59.0 Å². The molecule has 0 aromatic rings. The summed E-state index contributed by atoms with van der Waals surface area (Å²) in [6.45, 7) is 0. The molecule has 88 valence electrons. The van der Waals surface area contributed by atoms with Gasteiger partial charge in [0.1, 0.15) is 5.83 Å². The van der Waals surface area contributed by atoms with Crippen LogP contribution in [0.15, 0.2) is 80.3 Å². The van der Waals surface area contributed by atoms with Crippen molar-refractivity contribution in [1.82, 2.24) is 0 Å². The molecular formula is C16H10FI. The highest BCUT2D eigenvalue weighted by atomic mass is 127. The summed E-state index contributed by atoms with van der Waals surface area (Å²) in [4.78, 5) is 0. The van der Waals surface area contributed by atoms with Crippen molar-refractivity contribution < 1.29 is 4.39 Å². The maximum atomic E-state index is 14.3. The minimum atomic E-state index is -0.0520. The average Bonchev–Trinajstić information content (AvgIpc) is 2.40. The Morgan fingerprint density at radius 1 is 0.889 bits per heavy atom. The van der Waals surface area contributed by atoms with Gasteiger partial charge in [-0.25, -0.2) is 4.39 Å². The first-order chi connectivity index (χ1) is 8.75. The number of hydrogen-bond acceptors (Lipinski definition) is 0. The van der Waals surface area contributed by atoms with E-state index in [1.54, 1.807) is 0 Å². The fourth-order valence-corrected chi connectivity index (χ4v) is 3.88. The Hall–Kier alpha value is -1.16. The van der Waals surface area contributed by atoms with Crippen molar-refractivity contribution in [2.24, 2.45) is 11.8 Å². The third-order valence-corrected chi connectivity index (χ3v) is 4.79. The van der Waals surface area contributed by atoms with Crippen molar-refractivity contribution in [2.75, 3.05) is 0 Å². The van der Waals surface area contributed by atoms with Crippen LogP contribution in [0.3, 0.4) is 0 Å². The summed E-state index contributed by atoms with van der Waals surface area (Å²) in [5, 5.41) is 0. The van der Waals surface area contributed by atoms with E-state index in [0.29, 0.717) is 9.50 Å². The molecule has 0 spiro atoms. The molecule has 0 fully saturated rings. The van der Waals surface area contributed by atoms with Gasteiger partial charge in [-0.3, -0.25) is 0 Å². The third kappa shape index (κ3) is 1.30. The monoisotopic (exact) mass is 348 g/mol. The van der Waals surface area contributed by atoms with Crippen LogP contribution < -0.4 is 0 Å². The van der Waals surface area contributed by atoms with Gasteiger partial charge in [-0.2, -0.15) is 0 Å². The molecule has 4 aliphatic carbocycles. The molecule has 0 amide bonds. The first-order valence-electron chi connectivity index (χ1n) is 6.01. The van der Waals surface area contributed by atoms with Gasteiger partial charge in [0.15, 0.2) is 0 Å². The highest BCUT2D eigenvalue weighted by molar-refractivity contribution is 14.1. The lowest BCUT2D eigenvalue weighted by molar-refractivity contribution is 0.515. The Bertz CT molecular complexity index is 665. The molecule has 4 rings (SSSR count). The van der Waals surface area contributed by atoms with E-state index in [4.69, 9.17) is 0 Å². The number of rotatable bonds is 0. The van der Waals surface area contributed by atoms with Crippen LogP contribution in [-0.2, 0) is 0 Å². The van der Waals surface area contributed by atoms with Gasteiger partial charge in [-0.05, 0) is 51.0 Å². The Morgan fingerprint density at radius 2 is 1.67 bits per heavy atom. The molecule has 2 heteroatoms. The number of allylic oxidation sites excluding steroid dienone is 14. The van der Waals surface area contributed by atoms with Crippen molar-refractivity contribution in [1.29, 1.82) is 0 Å². The predicted molar refractivity (Wildman–Crippen MR) is 79.7 cm³/mol. The Kier molecular flexibility index (Phi) is 2.19. The molecular weight excluding hydrogens is 338 g/mol. The van der Waals surface area contributed by atoms with Gasteiger partial charge < -0.3 is 0 Å². The van der Waals surface area contributed by atoms with Crippen molar-refractivity contribution in [2.45, 2.75) is 0 Å². The SMILES string of the molecule is FC1=C(I)C=C2C=CC3=CC=CC4=CC=C1C2C34. The van der Waals surface area contributed by atoms with Crippen molar-refractivity contribution in [3.8, 4) is 0 Å². The van der Waals surface area contributed by atoms with Crippen LogP contribution >= 0.6 is 22.6 Å². The van der Waals surface area contributed by atoms with Gasteiger partial charge in [0.25, 0.3) is 0 Å². The molecule has 4 aliphatic rings. The summed E-state index contributed by atoms with van der Waals surface area (Å²) in [5.41, 5.74) is 4.66. The first kappa shape index (κ1) is 10.7. The van der Waals surface area contributed by atoms with Crippen LogP contribution in [0.4, 0.5) is 4.39 Å². The van der Waals surface area contributed by atoms with E-state index in [0.717, 1.165) is 5.57 Å². The Labute approximate surface area is 119 Å². The molecule has 0 aromatic carbocycles. The summed E-state index contributed by atoms with van der Waals surface area (Å²) >= 11 is 2.08. The molecule has 18 heavy (non-hydrogen) atoms. The van der Waals surface area contributed by atoms with E-state index < -0.39 is 0 Å². The number of halogens is 2. The molecule has 0 saturated carbocycles. The second kappa shape index (κ2) is 3.67. The van der Waals surface area contributed by atoms with Crippen LogP contribution in [0.2, 0.25) is 0 Å². The highest BCUT2D eigenvalue weighted by Gasteiger charge is 2.40. The lowest BCUT2D eigenvalue weighted by Crippen LogP contribution is -2.29. The van der Waals surface area contributed by atoms with Crippen molar-refractivity contribution in [3.05, 3.63) is 80.3 Å². The quantitative estimate of drug-likeness (QED) is 0.557. The smallest absolute Gasteiger partial charge is 0.140 e. The normalized spacial score (nSPS) is 31.4. The lowest BCUT2D eigenvalue weighted by Gasteiger charge is -2.40. The topological polar surface area (TPSA) is 0 Å². The zero-order valence-corrected chi connectivity index (χ0v) is 11.7. The molecule has 2 atom stereocenters. The predicted octanol–water partition coefficient (Wildman–Crippen LogP) is 4.71. The molecule has 0 aliphatic heterocycles. The molecule has 0 radical (unpaired) electrons. The maximum absolute atomic E-state index is 14.3. The second-order valence-corrected chi connectivity index (χ2v) is 6.07. The van der Waals surface area contributed by atoms with Crippen LogP contribution in [0.25, 0.3) is 0 Å². The fourth-order valence-electron chi connectivity index (χ4n) is 3.21. The standard InChI is InChI=1S/C16H10FI/c17-16-12-7-6-10-3-1-2-9-4-5-11(8-13(16)18)15(12)14(9)10/h1-8,14-15H. The molecule has 0 bridgehead atoms. The second-order valence-electron chi connectivity index (χ2n) is 4.91.